The first-order chi connectivity index (χ1) is 26.5. The summed E-state index contributed by atoms with van der Waals surface area (Å²) in [6.07, 6.45) is 3.72. The zero-order valence-corrected chi connectivity index (χ0v) is 35.1. The van der Waals surface area contributed by atoms with Crippen LogP contribution < -0.4 is 0 Å². The number of hydrogen-bond acceptors (Lipinski definition) is 12. The number of hydrogen-bond donors (Lipinski definition) is 3. The van der Waals surface area contributed by atoms with Gasteiger partial charge < -0.3 is 43.9 Å². The van der Waals surface area contributed by atoms with Crippen molar-refractivity contribution in [2.24, 2.45) is 29.6 Å². The van der Waals surface area contributed by atoms with Crippen LogP contribution in [-0.4, -0.2) is 126 Å². The van der Waals surface area contributed by atoms with Gasteiger partial charge in [0.05, 0.1) is 30.5 Å². The van der Waals surface area contributed by atoms with E-state index in [9.17, 15) is 34.5 Å². The number of ketones is 2. The molecule has 2 bridgehead atoms. The number of carbonyl (C=O) groups is 4. The number of aliphatic hydroxyl groups excluding tert-OH is 2. The average molecular weight is 792 g/mol. The van der Waals surface area contributed by atoms with E-state index < -0.39 is 83.9 Å². The largest absolute Gasteiger partial charge is 0.456 e. The third kappa shape index (κ3) is 10.7. The van der Waals surface area contributed by atoms with Crippen LogP contribution in [0, 0.1) is 29.6 Å². The number of Topliss-reactive ketones (excluding diaryl/α,β-unsaturated/α-hetero) is 2. The lowest BCUT2D eigenvalue weighted by Crippen LogP contribution is -2.64. The summed E-state index contributed by atoms with van der Waals surface area (Å²) in [5.41, 5.74) is 1.66. The fraction of sp³-hybridized carbons (Fsp3) is 0.814. The summed E-state index contributed by atoms with van der Waals surface area (Å²) in [5, 5.41) is 34.1. The van der Waals surface area contributed by atoms with Gasteiger partial charge in [-0.2, -0.15) is 0 Å². The van der Waals surface area contributed by atoms with E-state index >= 15 is 0 Å². The molecule has 4 rings (SSSR count). The van der Waals surface area contributed by atoms with Crippen molar-refractivity contribution < 1.29 is 58.2 Å². The standard InChI is InChI=1S/C43H69NO12/c1-10-30-18-24(2)17-25(3)19-36(53-8)39-37(54-9)21-27(5)43(51,56-39)40(48)41(49)44-16-12-11-13-31(44)42(50)55-38(28(6)33(46)23-34(30)47)26(4)20-29-14-15-32(45)35(22-29)52-7/h18,20,25,27-33,35-39,45-46,51H,10-17,19,21-23H2,1-9H3/b24-18+,26-20+/t25-,27+,28+,29?,30+,31-,32+,33-,35+,36?,37-,38+,39+,43+/m0/s1. The lowest BCUT2D eigenvalue weighted by molar-refractivity contribution is -0.302. The van der Waals surface area contributed by atoms with E-state index in [0.717, 1.165) is 5.57 Å². The van der Waals surface area contributed by atoms with Crippen LogP contribution in [0.1, 0.15) is 112 Å². The SMILES string of the molecule is CC[C@@H]1/C=C(\C)C[C@H](C)CC(OC)[C@H]2O[C@@](O)(C(=O)C(=O)N3CCCC[C@H]3C(=O)O[C@H](/C(C)=C/C3CC[C@@H](O)[C@H](OC)C3)[C@H](C)[C@@H](O)CC1=O)[C@H](C)C[C@@H]2OC. The number of esters is 1. The second-order valence-electron chi connectivity index (χ2n) is 17.2. The van der Waals surface area contributed by atoms with E-state index in [1.807, 2.05) is 32.9 Å². The highest BCUT2D eigenvalue weighted by Crippen LogP contribution is 2.39. The number of methoxy groups -OCH3 is 3. The summed E-state index contributed by atoms with van der Waals surface area (Å²) in [7, 11) is 4.63. The van der Waals surface area contributed by atoms with Crippen LogP contribution in [0.2, 0.25) is 0 Å². The van der Waals surface area contributed by atoms with Crippen LogP contribution in [-0.2, 0) is 42.9 Å². The van der Waals surface area contributed by atoms with Gasteiger partial charge in [0.1, 0.15) is 24.0 Å². The van der Waals surface area contributed by atoms with Gasteiger partial charge in [-0.3, -0.25) is 14.4 Å². The maximum atomic E-state index is 14.3. The molecule has 3 fully saturated rings. The molecule has 318 valence electrons. The lowest BCUT2D eigenvalue weighted by Gasteiger charge is -2.47. The van der Waals surface area contributed by atoms with Crippen molar-refractivity contribution in [3.8, 4) is 0 Å². The Bertz CT molecular complexity index is 1430. The maximum absolute atomic E-state index is 14.3. The van der Waals surface area contributed by atoms with E-state index in [2.05, 4.69) is 6.92 Å². The number of fused-ring (bicyclic) bond motifs is 3. The van der Waals surface area contributed by atoms with Crippen molar-refractivity contribution >= 4 is 23.4 Å². The summed E-state index contributed by atoms with van der Waals surface area (Å²) in [4.78, 5) is 57.6. The normalized spacial score (nSPS) is 41.6. The highest BCUT2D eigenvalue weighted by molar-refractivity contribution is 6.39. The molecule has 3 heterocycles. The molecule has 0 spiro atoms. The van der Waals surface area contributed by atoms with Crippen molar-refractivity contribution in [1.29, 1.82) is 0 Å². The Balaban J connectivity index is 1.76. The molecule has 13 nitrogen and oxygen atoms in total. The molecule has 13 heteroatoms. The van der Waals surface area contributed by atoms with Gasteiger partial charge in [-0.25, -0.2) is 4.79 Å². The van der Waals surface area contributed by atoms with Crippen LogP contribution in [0.25, 0.3) is 0 Å². The van der Waals surface area contributed by atoms with E-state index in [4.69, 9.17) is 23.7 Å². The number of allylic oxidation sites excluding steroid dienone is 3. The third-order valence-corrected chi connectivity index (χ3v) is 12.9. The molecule has 2 unspecified atom stereocenters. The van der Waals surface area contributed by atoms with E-state index in [1.165, 1.54) is 19.1 Å². The fourth-order valence-corrected chi connectivity index (χ4v) is 9.39. The number of rotatable bonds is 6. The summed E-state index contributed by atoms with van der Waals surface area (Å²) in [6.45, 7) is 11.3. The van der Waals surface area contributed by atoms with E-state index in [0.29, 0.717) is 56.9 Å². The second kappa shape index (κ2) is 20.4. The molecule has 1 saturated carbocycles. The van der Waals surface area contributed by atoms with Gasteiger partial charge in [0, 0.05) is 52.0 Å². The van der Waals surface area contributed by atoms with Crippen molar-refractivity contribution in [1.82, 2.24) is 4.90 Å². The quantitative estimate of drug-likeness (QED) is 0.196. The topological polar surface area (TPSA) is 178 Å². The van der Waals surface area contributed by atoms with Crippen molar-refractivity contribution in [3.63, 3.8) is 0 Å². The van der Waals surface area contributed by atoms with Crippen LogP contribution in [0.15, 0.2) is 23.3 Å². The molecular formula is C43H69NO12. The number of amides is 1. The number of ether oxygens (including phenoxy) is 5. The molecular weight excluding hydrogens is 722 g/mol. The Labute approximate surface area is 333 Å². The molecule has 14 atom stereocenters. The summed E-state index contributed by atoms with van der Waals surface area (Å²) >= 11 is 0. The summed E-state index contributed by atoms with van der Waals surface area (Å²) in [5.74, 6) is -7.50. The molecule has 1 amide bonds. The molecule has 0 aromatic carbocycles. The maximum Gasteiger partial charge on any atom is 0.329 e. The van der Waals surface area contributed by atoms with Gasteiger partial charge in [-0.05, 0) is 95.5 Å². The third-order valence-electron chi connectivity index (χ3n) is 12.9. The number of aliphatic hydroxyl groups is 3. The van der Waals surface area contributed by atoms with Gasteiger partial charge in [0.15, 0.2) is 0 Å². The Hall–Kier alpha value is -2.52. The van der Waals surface area contributed by atoms with Crippen molar-refractivity contribution in [2.75, 3.05) is 27.9 Å². The smallest absolute Gasteiger partial charge is 0.329 e. The molecule has 3 N–H and O–H groups in total. The molecule has 0 aromatic rings. The Morgan fingerprint density at radius 3 is 2.21 bits per heavy atom. The molecule has 3 aliphatic heterocycles. The Morgan fingerprint density at radius 1 is 0.911 bits per heavy atom. The van der Waals surface area contributed by atoms with Crippen molar-refractivity contribution in [3.05, 3.63) is 23.3 Å². The first-order valence-electron chi connectivity index (χ1n) is 20.8. The zero-order chi connectivity index (χ0) is 41.5. The van der Waals surface area contributed by atoms with Gasteiger partial charge in [0.2, 0.25) is 5.79 Å². The second-order valence-corrected chi connectivity index (χ2v) is 17.2. The fourth-order valence-electron chi connectivity index (χ4n) is 9.39. The zero-order valence-electron chi connectivity index (χ0n) is 35.1. The summed E-state index contributed by atoms with van der Waals surface area (Å²) < 4.78 is 29.7. The molecule has 4 aliphatic rings. The van der Waals surface area contributed by atoms with Gasteiger partial charge >= 0.3 is 5.97 Å². The van der Waals surface area contributed by atoms with E-state index in [-0.39, 0.29) is 49.5 Å². The van der Waals surface area contributed by atoms with Crippen LogP contribution >= 0.6 is 0 Å². The van der Waals surface area contributed by atoms with Crippen molar-refractivity contribution in [2.45, 2.75) is 167 Å². The first-order valence-corrected chi connectivity index (χ1v) is 20.8. The van der Waals surface area contributed by atoms with Crippen LogP contribution in [0.3, 0.4) is 0 Å². The number of nitrogens with zero attached hydrogens (tertiary/aromatic N) is 1. The predicted molar refractivity (Wildman–Crippen MR) is 208 cm³/mol. The molecule has 2 saturated heterocycles. The van der Waals surface area contributed by atoms with Crippen LogP contribution in [0.4, 0.5) is 0 Å². The van der Waals surface area contributed by atoms with Gasteiger partial charge in [-0.1, -0.05) is 45.4 Å². The average Bonchev–Trinajstić information content (AvgIpc) is 3.18. The number of cyclic esters (lactones) is 1. The molecule has 56 heavy (non-hydrogen) atoms. The Morgan fingerprint density at radius 2 is 1.57 bits per heavy atom. The molecule has 0 radical (unpaired) electrons. The Kier molecular flexibility index (Phi) is 16.9. The minimum absolute atomic E-state index is 0.000914. The first kappa shape index (κ1) is 46.2. The van der Waals surface area contributed by atoms with Gasteiger partial charge in [-0.15, -0.1) is 0 Å². The molecule has 1 aliphatic carbocycles. The van der Waals surface area contributed by atoms with Gasteiger partial charge in [0.25, 0.3) is 11.7 Å². The minimum Gasteiger partial charge on any atom is -0.456 e. The summed E-state index contributed by atoms with van der Waals surface area (Å²) in [6, 6.07) is -1.13. The lowest BCUT2D eigenvalue weighted by atomic mass is 9.81. The minimum atomic E-state index is -2.50. The predicted octanol–water partition coefficient (Wildman–Crippen LogP) is 4.47. The highest BCUT2D eigenvalue weighted by Gasteiger charge is 2.56. The van der Waals surface area contributed by atoms with E-state index in [1.54, 1.807) is 21.0 Å². The highest BCUT2D eigenvalue weighted by atomic mass is 16.7. The monoisotopic (exact) mass is 791 g/mol. The number of carbonyl (C=O) groups excluding carboxylic acids is 4. The molecule has 0 aromatic heterocycles. The van der Waals surface area contributed by atoms with Crippen LogP contribution in [0.5, 0.6) is 0 Å². The number of piperidine rings is 1.